The average molecular weight is 656 g/mol. The van der Waals surface area contributed by atoms with E-state index in [0.29, 0.717) is 5.92 Å². The van der Waals surface area contributed by atoms with Gasteiger partial charge in [0.05, 0.1) is 11.4 Å². The van der Waals surface area contributed by atoms with Crippen molar-refractivity contribution < 1.29 is 4.42 Å². The van der Waals surface area contributed by atoms with Gasteiger partial charge in [-0.2, -0.15) is 0 Å². The van der Waals surface area contributed by atoms with Crippen molar-refractivity contribution in [1.82, 2.24) is 0 Å². The lowest BCUT2D eigenvalue weighted by atomic mass is 9.67. The molecule has 11 rings (SSSR count). The van der Waals surface area contributed by atoms with E-state index in [9.17, 15) is 0 Å². The van der Waals surface area contributed by atoms with E-state index in [2.05, 4.69) is 163 Å². The van der Waals surface area contributed by atoms with Crippen LogP contribution in [0.2, 0.25) is 0 Å². The Labute approximate surface area is 298 Å². The van der Waals surface area contributed by atoms with Crippen LogP contribution in [0.15, 0.2) is 168 Å². The van der Waals surface area contributed by atoms with Crippen LogP contribution < -0.4 is 4.90 Å². The zero-order valence-electron chi connectivity index (χ0n) is 28.4. The molecule has 0 amide bonds. The highest BCUT2D eigenvalue weighted by molar-refractivity contribution is 6.09. The summed E-state index contributed by atoms with van der Waals surface area (Å²) in [6.07, 6.45) is 5.35. The summed E-state index contributed by atoms with van der Waals surface area (Å²) in [5, 5.41) is 2.31. The quantitative estimate of drug-likeness (QED) is 0.183. The number of anilines is 3. The van der Waals surface area contributed by atoms with Crippen LogP contribution in [0, 0.1) is 11.8 Å². The number of nitrogens with zero attached hydrogens (tertiary/aromatic N) is 1. The van der Waals surface area contributed by atoms with E-state index < -0.39 is 0 Å². The van der Waals surface area contributed by atoms with Crippen LogP contribution >= 0.6 is 0 Å². The van der Waals surface area contributed by atoms with Crippen LogP contribution in [0.3, 0.4) is 0 Å². The smallest absolute Gasteiger partial charge is 0.143 e. The average Bonchev–Trinajstić information content (AvgIpc) is 3.98. The van der Waals surface area contributed by atoms with E-state index in [4.69, 9.17) is 4.42 Å². The molecule has 8 aromatic rings. The third-order valence-electron chi connectivity index (χ3n) is 12.4. The number of furan rings is 1. The number of para-hydroxylation sites is 3. The van der Waals surface area contributed by atoms with Gasteiger partial charge in [0.1, 0.15) is 11.2 Å². The first-order valence-corrected chi connectivity index (χ1v) is 18.5. The van der Waals surface area contributed by atoms with Crippen molar-refractivity contribution in [2.24, 2.45) is 11.8 Å². The number of benzene rings is 7. The van der Waals surface area contributed by atoms with Crippen LogP contribution in [0.4, 0.5) is 17.1 Å². The van der Waals surface area contributed by atoms with Gasteiger partial charge in [-0.1, -0.05) is 140 Å². The molecule has 0 radical (unpaired) electrons. The summed E-state index contributed by atoms with van der Waals surface area (Å²) < 4.78 is 6.46. The van der Waals surface area contributed by atoms with Crippen LogP contribution in [0.25, 0.3) is 55.3 Å². The first kappa shape index (κ1) is 28.9. The molecule has 3 aliphatic carbocycles. The Hall–Kier alpha value is -5.86. The Kier molecular flexibility index (Phi) is 6.28. The summed E-state index contributed by atoms with van der Waals surface area (Å²) in [7, 11) is 0. The molecule has 3 atom stereocenters. The summed E-state index contributed by atoms with van der Waals surface area (Å²) in [5.41, 5.74) is 16.1. The molecular weight excluding hydrogens is 619 g/mol. The van der Waals surface area contributed by atoms with Crippen LogP contribution in [-0.2, 0) is 5.41 Å². The van der Waals surface area contributed by atoms with Gasteiger partial charge in [0.25, 0.3) is 0 Å². The standard InChI is InChI=1S/C49H37NO/c1-2-12-33(13-3-1)37-14-5-8-21-44(37)50(36-28-25-34(26-29-36)38-17-10-18-40-39-15-6-9-23-46(39)51-48(38)40)45-22-11-20-43-47(45)41-16-4-7-19-42(41)49(43)31-32-24-27-35(49)30-32/h1-23,25-26,28-29,32,35H,24,27,30-31H2. The van der Waals surface area contributed by atoms with Gasteiger partial charge in [0, 0.05) is 38.6 Å². The van der Waals surface area contributed by atoms with E-state index in [-0.39, 0.29) is 5.41 Å². The Bertz CT molecular complexity index is 2610. The zero-order chi connectivity index (χ0) is 33.5. The molecule has 2 heteroatoms. The molecule has 244 valence electrons. The number of rotatable bonds is 5. The monoisotopic (exact) mass is 655 g/mol. The molecule has 1 heterocycles. The fourth-order valence-corrected chi connectivity index (χ4v) is 10.3. The summed E-state index contributed by atoms with van der Waals surface area (Å²) in [5.74, 6) is 1.54. The molecule has 2 bridgehead atoms. The Morgan fingerprint density at radius 2 is 1.18 bits per heavy atom. The Balaban J connectivity index is 1.13. The topological polar surface area (TPSA) is 16.4 Å². The molecule has 2 nitrogen and oxygen atoms in total. The number of hydrogen-bond donors (Lipinski definition) is 0. The highest BCUT2D eigenvalue weighted by Crippen LogP contribution is 2.67. The molecule has 1 spiro atoms. The molecule has 0 aliphatic heterocycles. The van der Waals surface area contributed by atoms with Gasteiger partial charge < -0.3 is 9.32 Å². The van der Waals surface area contributed by atoms with Gasteiger partial charge in [0.2, 0.25) is 0 Å². The SMILES string of the molecule is c1ccc(-c2ccccc2N(c2ccc(-c3cccc4c3oc3ccccc34)cc2)c2cccc3c2-c2ccccc2C32CC3CCC2C3)cc1. The second kappa shape index (κ2) is 11.1. The van der Waals surface area contributed by atoms with Crippen molar-refractivity contribution in [3.63, 3.8) is 0 Å². The van der Waals surface area contributed by atoms with Crippen molar-refractivity contribution in [3.8, 4) is 33.4 Å². The van der Waals surface area contributed by atoms with E-state index >= 15 is 0 Å². The van der Waals surface area contributed by atoms with E-state index in [1.54, 1.807) is 5.56 Å². The molecule has 0 saturated heterocycles. The van der Waals surface area contributed by atoms with E-state index in [1.165, 1.54) is 64.9 Å². The lowest BCUT2D eigenvalue weighted by Gasteiger charge is -2.37. The minimum Gasteiger partial charge on any atom is -0.455 e. The molecule has 3 aliphatic rings. The summed E-state index contributed by atoms with van der Waals surface area (Å²) in [6, 6.07) is 60.1. The molecule has 51 heavy (non-hydrogen) atoms. The third kappa shape index (κ3) is 4.17. The molecule has 2 fully saturated rings. The fourth-order valence-electron chi connectivity index (χ4n) is 10.3. The molecule has 3 unspecified atom stereocenters. The fraction of sp³-hybridized carbons (Fsp3) is 0.143. The molecule has 1 aromatic heterocycles. The minimum atomic E-state index is 0.116. The van der Waals surface area contributed by atoms with Gasteiger partial charge >= 0.3 is 0 Å². The van der Waals surface area contributed by atoms with Crippen LogP contribution in [0.1, 0.15) is 36.8 Å². The Morgan fingerprint density at radius 1 is 0.510 bits per heavy atom. The van der Waals surface area contributed by atoms with Gasteiger partial charge in [0.15, 0.2) is 0 Å². The summed E-state index contributed by atoms with van der Waals surface area (Å²) >= 11 is 0. The van der Waals surface area contributed by atoms with Gasteiger partial charge in [-0.15, -0.1) is 0 Å². The summed E-state index contributed by atoms with van der Waals surface area (Å²) in [6.45, 7) is 0. The second-order valence-corrected chi connectivity index (χ2v) is 14.8. The van der Waals surface area contributed by atoms with Gasteiger partial charge in [-0.3, -0.25) is 0 Å². The van der Waals surface area contributed by atoms with Crippen molar-refractivity contribution in [2.75, 3.05) is 4.90 Å². The lowest BCUT2D eigenvalue weighted by Crippen LogP contribution is -2.31. The summed E-state index contributed by atoms with van der Waals surface area (Å²) in [4.78, 5) is 2.52. The number of hydrogen-bond acceptors (Lipinski definition) is 2. The maximum atomic E-state index is 6.46. The lowest BCUT2D eigenvalue weighted by molar-refractivity contribution is 0.327. The molecule has 0 N–H and O–H groups in total. The molecule has 2 saturated carbocycles. The predicted octanol–water partition coefficient (Wildman–Crippen LogP) is 13.5. The van der Waals surface area contributed by atoms with Crippen LogP contribution in [0.5, 0.6) is 0 Å². The van der Waals surface area contributed by atoms with Crippen molar-refractivity contribution in [3.05, 3.63) is 175 Å². The Morgan fingerprint density at radius 3 is 2.02 bits per heavy atom. The molecular formula is C49H37NO. The van der Waals surface area contributed by atoms with Crippen LogP contribution in [-0.4, -0.2) is 0 Å². The number of fused-ring (bicyclic) bond motifs is 11. The highest BCUT2D eigenvalue weighted by Gasteiger charge is 2.57. The first-order valence-electron chi connectivity index (χ1n) is 18.5. The van der Waals surface area contributed by atoms with Crippen molar-refractivity contribution in [2.45, 2.75) is 31.1 Å². The first-order chi connectivity index (χ1) is 25.3. The van der Waals surface area contributed by atoms with E-state index in [1.807, 2.05) is 6.07 Å². The van der Waals surface area contributed by atoms with Gasteiger partial charge in [-0.05, 0) is 89.2 Å². The molecule has 7 aromatic carbocycles. The minimum absolute atomic E-state index is 0.116. The third-order valence-corrected chi connectivity index (χ3v) is 12.4. The van der Waals surface area contributed by atoms with Crippen molar-refractivity contribution in [1.29, 1.82) is 0 Å². The zero-order valence-corrected chi connectivity index (χ0v) is 28.4. The van der Waals surface area contributed by atoms with Gasteiger partial charge in [-0.25, -0.2) is 0 Å². The normalized spacial score (nSPS) is 19.9. The van der Waals surface area contributed by atoms with E-state index in [0.717, 1.165) is 44.7 Å². The van der Waals surface area contributed by atoms with Crippen molar-refractivity contribution >= 4 is 39.0 Å². The predicted molar refractivity (Wildman–Crippen MR) is 211 cm³/mol. The second-order valence-electron chi connectivity index (χ2n) is 14.8. The largest absolute Gasteiger partial charge is 0.455 e. The maximum Gasteiger partial charge on any atom is 0.143 e. The highest BCUT2D eigenvalue weighted by atomic mass is 16.3. The maximum absolute atomic E-state index is 6.46.